The molecule has 0 saturated carbocycles. The first-order chi connectivity index (χ1) is 3.92. The molecule has 0 rings (SSSR count). The van der Waals surface area contributed by atoms with Gasteiger partial charge in [0.15, 0.2) is 0 Å². The summed E-state index contributed by atoms with van der Waals surface area (Å²) < 4.78 is 33.9. The van der Waals surface area contributed by atoms with Gasteiger partial charge >= 0.3 is 35.7 Å². The van der Waals surface area contributed by atoms with Crippen molar-refractivity contribution < 1.29 is 47.5 Å². The van der Waals surface area contributed by atoms with E-state index in [9.17, 15) is 18.0 Å². The van der Waals surface area contributed by atoms with E-state index in [1.165, 1.54) is 6.55 Å². The molecule has 1 nitrogen and oxygen atoms in total. The van der Waals surface area contributed by atoms with E-state index in [-0.39, 0.29) is 35.6 Å². The van der Waals surface area contributed by atoms with Gasteiger partial charge in [0, 0.05) is 6.42 Å². The zero-order valence-corrected chi connectivity index (χ0v) is 8.96. The quantitative estimate of drug-likeness (QED) is 0.446. The van der Waals surface area contributed by atoms with Gasteiger partial charge in [0.1, 0.15) is 0 Å². The third-order valence-electron chi connectivity index (χ3n) is 0.761. The average molecular weight is 179 g/mol. The minimum atomic E-state index is -4.14. The Kier molecular flexibility index (Phi) is 7.58. The Hall–Kier alpha value is 0.967. The molecule has 0 aliphatic rings. The number of alkyl halides is 3. The van der Waals surface area contributed by atoms with Gasteiger partial charge in [-0.2, -0.15) is 13.2 Å². The second kappa shape index (κ2) is 5.60. The van der Waals surface area contributed by atoms with Crippen LogP contribution in [-0.2, 0) is 0 Å². The molecule has 0 aliphatic heterocycles. The standard InChI is InChI=1S/C4H7F3OSi.Na/c1-9(8)3-2-4(5,6)7;/h2-3H2,1H3;/q-1;+1. The van der Waals surface area contributed by atoms with Gasteiger partial charge < -0.3 is 4.80 Å². The van der Waals surface area contributed by atoms with Gasteiger partial charge in [-0.3, -0.25) is 0 Å². The zero-order valence-electron chi connectivity index (χ0n) is 5.96. The first kappa shape index (κ1) is 13.5. The predicted octanol–water partition coefficient (Wildman–Crippen LogP) is -2.08. The molecular weight excluding hydrogens is 172 g/mol. The first-order valence-electron chi connectivity index (χ1n) is 2.48. The smallest absolute Gasteiger partial charge is 0.861 e. The van der Waals surface area contributed by atoms with Gasteiger partial charge in [0.2, 0.25) is 0 Å². The summed E-state index contributed by atoms with van der Waals surface area (Å²) >= 11 is 0. The largest absolute Gasteiger partial charge is 1.00 e. The van der Waals surface area contributed by atoms with Gasteiger partial charge in [0.05, 0.1) is 0 Å². The van der Waals surface area contributed by atoms with Crippen molar-refractivity contribution in [3.05, 3.63) is 0 Å². The van der Waals surface area contributed by atoms with Gasteiger partial charge in [0.25, 0.3) is 0 Å². The van der Waals surface area contributed by atoms with Gasteiger partial charge in [-0.05, 0) is 0 Å². The van der Waals surface area contributed by atoms with Gasteiger partial charge in [-0.15, -0.1) is 0 Å². The van der Waals surface area contributed by atoms with Crippen molar-refractivity contribution in [2.45, 2.75) is 25.2 Å². The predicted molar refractivity (Wildman–Crippen MR) is 27.1 cm³/mol. The number of rotatable bonds is 2. The molecule has 0 saturated heterocycles. The van der Waals surface area contributed by atoms with E-state index < -0.39 is 21.6 Å². The van der Waals surface area contributed by atoms with E-state index in [4.69, 9.17) is 0 Å². The van der Waals surface area contributed by atoms with Crippen LogP contribution in [0.5, 0.6) is 0 Å². The van der Waals surface area contributed by atoms with Crippen molar-refractivity contribution in [2.24, 2.45) is 0 Å². The molecule has 0 spiro atoms. The summed E-state index contributed by atoms with van der Waals surface area (Å²) in [7, 11) is -1.94. The van der Waals surface area contributed by atoms with Crippen LogP contribution in [0.15, 0.2) is 0 Å². The van der Waals surface area contributed by atoms with E-state index in [1.54, 1.807) is 0 Å². The molecule has 0 N–H and O–H groups in total. The number of halogens is 3. The fourth-order valence-electron chi connectivity index (χ4n) is 0.318. The summed E-state index contributed by atoms with van der Waals surface area (Å²) in [4.78, 5) is 10.2. The Labute approximate surface area is 81.6 Å². The fourth-order valence-corrected chi connectivity index (χ4v) is 0.953. The molecule has 0 bridgehead atoms. The van der Waals surface area contributed by atoms with Crippen LogP contribution >= 0.6 is 0 Å². The maximum Gasteiger partial charge on any atom is 1.00 e. The van der Waals surface area contributed by atoms with E-state index in [1.807, 2.05) is 0 Å². The summed E-state index contributed by atoms with van der Waals surface area (Å²) in [6.07, 6.45) is -5.06. The van der Waals surface area contributed by atoms with Crippen LogP contribution in [-0.4, -0.2) is 15.2 Å². The minimum Gasteiger partial charge on any atom is -0.861 e. The summed E-state index contributed by atoms with van der Waals surface area (Å²) in [6, 6.07) is -0.214. The maximum atomic E-state index is 11.3. The topological polar surface area (TPSA) is 23.1 Å². The Balaban J connectivity index is 0. The Morgan fingerprint density at radius 3 is 1.90 bits per heavy atom. The fraction of sp³-hybridized carbons (Fsp3) is 1.00. The van der Waals surface area contributed by atoms with E-state index in [0.717, 1.165) is 0 Å². The Morgan fingerprint density at radius 1 is 1.40 bits per heavy atom. The SMILES string of the molecule is C[Si]([O-])CCC(F)(F)F.[Na+]. The second-order valence-electron chi connectivity index (χ2n) is 1.82. The van der Waals surface area contributed by atoms with Crippen molar-refractivity contribution in [3.8, 4) is 0 Å². The molecule has 0 amide bonds. The van der Waals surface area contributed by atoms with Crippen LogP contribution in [0.4, 0.5) is 13.2 Å². The van der Waals surface area contributed by atoms with Crippen LogP contribution in [0.2, 0.25) is 12.6 Å². The van der Waals surface area contributed by atoms with Crippen LogP contribution in [0.3, 0.4) is 0 Å². The first-order valence-corrected chi connectivity index (χ1v) is 4.59. The van der Waals surface area contributed by atoms with Crippen molar-refractivity contribution in [1.82, 2.24) is 0 Å². The molecule has 0 heterocycles. The summed E-state index contributed by atoms with van der Waals surface area (Å²) in [5.41, 5.74) is 0. The second-order valence-corrected chi connectivity index (χ2v) is 3.72. The normalized spacial score (nSPS) is 11.4. The van der Waals surface area contributed by atoms with Crippen LogP contribution in [0, 0.1) is 0 Å². The summed E-state index contributed by atoms with van der Waals surface area (Å²) in [5.74, 6) is 0. The molecule has 0 unspecified atom stereocenters. The van der Waals surface area contributed by atoms with E-state index in [2.05, 4.69) is 0 Å². The summed E-state index contributed by atoms with van der Waals surface area (Å²) in [6.45, 7) is 1.33. The molecular formula is C4H7F3NaOSi. The molecule has 55 valence electrons. The maximum absolute atomic E-state index is 11.3. The van der Waals surface area contributed by atoms with Crippen molar-refractivity contribution in [1.29, 1.82) is 0 Å². The van der Waals surface area contributed by atoms with E-state index >= 15 is 0 Å². The number of hydrogen-bond acceptors (Lipinski definition) is 1. The van der Waals surface area contributed by atoms with Crippen LogP contribution in [0.25, 0.3) is 0 Å². The average Bonchev–Trinajstić information content (AvgIpc) is 1.59. The monoisotopic (exact) mass is 179 g/mol. The van der Waals surface area contributed by atoms with Crippen molar-refractivity contribution in [2.75, 3.05) is 0 Å². The number of hydrogen-bond donors (Lipinski definition) is 0. The van der Waals surface area contributed by atoms with Crippen molar-refractivity contribution >= 4 is 9.04 Å². The van der Waals surface area contributed by atoms with Gasteiger partial charge in [-0.1, -0.05) is 21.6 Å². The Bertz CT molecular complexity index is 85.1. The van der Waals surface area contributed by atoms with Crippen LogP contribution in [0.1, 0.15) is 6.42 Å². The minimum absolute atomic E-state index is 0. The molecule has 1 radical (unpaired) electrons. The molecule has 0 aromatic rings. The molecule has 0 fully saturated rings. The molecule has 10 heavy (non-hydrogen) atoms. The molecule has 0 atom stereocenters. The van der Waals surface area contributed by atoms with Gasteiger partial charge in [-0.25, -0.2) is 0 Å². The third-order valence-corrected chi connectivity index (χ3v) is 1.71. The van der Waals surface area contributed by atoms with E-state index in [0.29, 0.717) is 0 Å². The molecule has 0 aromatic heterocycles. The van der Waals surface area contributed by atoms with Crippen molar-refractivity contribution in [3.63, 3.8) is 0 Å². The Morgan fingerprint density at radius 2 is 1.80 bits per heavy atom. The molecule has 0 aliphatic carbocycles. The molecule has 6 heteroatoms. The third kappa shape index (κ3) is 11.7. The molecule has 0 aromatic carbocycles. The zero-order chi connectivity index (χ0) is 7.49. The summed E-state index contributed by atoms with van der Waals surface area (Å²) in [5, 5.41) is 0. The van der Waals surface area contributed by atoms with Crippen LogP contribution < -0.4 is 34.4 Å².